The molecule has 1 aromatic carbocycles. The van der Waals surface area contributed by atoms with E-state index in [1.165, 1.54) is 0 Å². The van der Waals surface area contributed by atoms with Crippen LogP contribution in [0.1, 0.15) is 23.9 Å². The molecular formula is C19H21N3O3. The van der Waals surface area contributed by atoms with Gasteiger partial charge in [0.05, 0.1) is 30.4 Å². The van der Waals surface area contributed by atoms with Crippen LogP contribution in [0, 0.1) is 0 Å². The highest BCUT2D eigenvalue weighted by molar-refractivity contribution is 5.80. The number of rotatable bonds is 6. The lowest BCUT2D eigenvalue weighted by atomic mass is 10.1. The van der Waals surface area contributed by atoms with Crippen LogP contribution in [-0.4, -0.2) is 40.6 Å². The van der Waals surface area contributed by atoms with E-state index in [9.17, 15) is 4.79 Å². The Morgan fingerprint density at radius 2 is 2.16 bits per heavy atom. The highest BCUT2D eigenvalue weighted by Gasteiger charge is 2.34. The molecule has 4 rings (SSSR count). The van der Waals surface area contributed by atoms with Gasteiger partial charge in [0.1, 0.15) is 11.6 Å². The highest BCUT2D eigenvalue weighted by Crippen LogP contribution is 2.31. The number of furan rings is 1. The summed E-state index contributed by atoms with van der Waals surface area (Å²) in [5, 5.41) is 0. The molecule has 1 fully saturated rings. The molecule has 0 spiro atoms. The minimum atomic E-state index is 0.0896. The minimum Gasteiger partial charge on any atom is -0.467 e. The molecule has 1 aliphatic rings. The maximum Gasteiger partial charge on any atom is 0.223 e. The minimum absolute atomic E-state index is 0.0896. The van der Waals surface area contributed by atoms with E-state index in [2.05, 4.69) is 10.6 Å². The molecule has 6 nitrogen and oxygen atoms in total. The van der Waals surface area contributed by atoms with Gasteiger partial charge in [-0.05, 0) is 24.3 Å². The van der Waals surface area contributed by atoms with E-state index in [1.54, 1.807) is 13.4 Å². The average Bonchev–Trinajstić information content (AvgIpc) is 3.33. The van der Waals surface area contributed by atoms with Crippen molar-refractivity contribution in [2.45, 2.75) is 25.4 Å². The normalized spacial score (nSPS) is 17.7. The van der Waals surface area contributed by atoms with Crippen molar-refractivity contribution in [1.29, 1.82) is 0 Å². The van der Waals surface area contributed by atoms with Gasteiger partial charge >= 0.3 is 0 Å². The van der Waals surface area contributed by atoms with Crippen molar-refractivity contribution >= 4 is 16.9 Å². The lowest BCUT2D eigenvalue weighted by Gasteiger charge is -2.16. The first kappa shape index (κ1) is 15.9. The molecular weight excluding hydrogens is 318 g/mol. The van der Waals surface area contributed by atoms with Crippen molar-refractivity contribution in [3.8, 4) is 0 Å². The molecule has 3 aromatic rings. The predicted octanol–water partition coefficient (Wildman–Crippen LogP) is 2.79. The third-order valence-electron chi connectivity index (χ3n) is 4.71. The van der Waals surface area contributed by atoms with Crippen LogP contribution < -0.4 is 0 Å². The number of ether oxygens (including phenoxy) is 1. The lowest BCUT2D eigenvalue weighted by molar-refractivity contribution is -0.128. The van der Waals surface area contributed by atoms with Crippen molar-refractivity contribution < 1.29 is 13.9 Å². The van der Waals surface area contributed by atoms with Gasteiger partial charge in [0.15, 0.2) is 0 Å². The van der Waals surface area contributed by atoms with Gasteiger partial charge in [-0.25, -0.2) is 4.98 Å². The second-order valence-corrected chi connectivity index (χ2v) is 6.36. The molecule has 0 saturated carbocycles. The second kappa shape index (κ2) is 6.72. The standard InChI is InChI=1S/C19H21N3O3/c1-24-10-8-22-17-7-3-2-6-16(17)20-19(22)14-11-18(23)21(12-14)13-15-5-4-9-25-15/h2-7,9,14H,8,10-13H2,1H3/t14-/m0/s1. The highest BCUT2D eigenvalue weighted by atomic mass is 16.5. The van der Waals surface area contributed by atoms with Crippen LogP contribution in [0.2, 0.25) is 0 Å². The molecule has 6 heteroatoms. The summed E-state index contributed by atoms with van der Waals surface area (Å²) in [5.41, 5.74) is 2.05. The smallest absolute Gasteiger partial charge is 0.223 e. The van der Waals surface area contributed by atoms with Gasteiger partial charge in [-0.2, -0.15) is 0 Å². The molecule has 0 radical (unpaired) electrons. The number of hydrogen-bond acceptors (Lipinski definition) is 4. The molecule has 130 valence electrons. The molecule has 0 aliphatic carbocycles. The molecule has 0 bridgehead atoms. The van der Waals surface area contributed by atoms with Gasteiger partial charge in [0.25, 0.3) is 0 Å². The fourth-order valence-corrected chi connectivity index (χ4v) is 3.51. The Hall–Kier alpha value is -2.60. The Balaban J connectivity index is 1.62. The number of aromatic nitrogens is 2. The lowest BCUT2D eigenvalue weighted by Crippen LogP contribution is -2.24. The van der Waals surface area contributed by atoms with Crippen LogP contribution in [0.4, 0.5) is 0 Å². The van der Waals surface area contributed by atoms with E-state index in [-0.39, 0.29) is 11.8 Å². The van der Waals surface area contributed by atoms with Crippen molar-refractivity contribution in [1.82, 2.24) is 14.5 Å². The largest absolute Gasteiger partial charge is 0.467 e. The third-order valence-corrected chi connectivity index (χ3v) is 4.71. The monoisotopic (exact) mass is 339 g/mol. The van der Waals surface area contributed by atoms with Gasteiger partial charge in [0.2, 0.25) is 5.91 Å². The van der Waals surface area contributed by atoms with Crippen molar-refractivity contribution in [3.05, 3.63) is 54.2 Å². The zero-order valence-electron chi connectivity index (χ0n) is 14.2. The first-order valence-corrected chi connectivity index (χ1v) is 8.50. The molecule has 25 heavy (non-hydrogen) atoms. The molecule has 1 amide bonds. The quantitative estimate of drug-likeness (QED) is 0.693. The number of imidazole rings is 1. The summed E-state index contributed by atoms with van der Waals surface area (Å²) in [6, 6.07) is 11.8. The predicted molar refractivity (Wildman–Crippen MR) is 93.1 cm³/mol. The summed E-state index contributed by atoms with van der Waals surface area (Å²) in [6.07, 6.45) is 2.12. The number of nitrogens with zero attached hydrogens (tertiary/aromatic N) is 3. The fourth-order valence-electron chi connectivity index (χ4n) is 3.51. The number of likely N-dealkylation sites (tertiary alicyclic amines) is 1. The topological polar surface area (TPSA) is 60.5 Å². The van der Waals surface area contributed by atoms with Crippen LogP contribution >= 0.6 is 0 Å². The molecule has 0 unspecified atom stereocenters. The molecule has 1 atom stereocenters. The van der Waals surface area contributed by atoms with Crippen molar-refractivity contribution in [2.75, 3.05) is 20.3 Å². The molecule has 1 aliphatic heterocycles. The number of para-hydroxylation sites is 2. The molecule has 1 saturated heterocycles. The van der Waals surface area contributed by atoms with E-state index >= 15 is 0 Å². The van der Waals surface area contributed by atoms with Crippen LogP contribution in [0.15, 0.2) is 47.1 Å². The number of hydrogen-bond donors (Lipinski definition) is 0. The number of benzene rings is 1. The Labute approximate surface area is 146 Å². The SMILES string of the molecule is COCCn1c([C@H]2CC(=O)N(Cc3ccco3)C2)nc2ccccc21. The van der Waals surface area contributed by atoms with Crippen LogP contribution in [0.5, 0.6) is 0 Å². The van der Waals surface area contributed by atoms with E-state index in [4.69, 9.17) is 14.1 Å². The maximum absolute atomic E-state index is 12.4. The van der Waals surface area contributed by atoms with Crippen LogP contribution in [0.25, 0.3) is 11.0 Å². The number of carbonyl (C=O) groups excluding carboxylic acids is 1. The van der Waals surface area contributed by atoms with E-state index < -0.39 is 0 Å². The Bertz CT molecular complexity index is 869. The van der Waals surface area contributed by atoms with Gasteiger partial charge in [-0.3, -0.25) is 4.79 Å². The fraction of sp³-hybridized carbons (Fsp3) is 0.368. The Morgan fingerprint density at radius 1 is 1.28 bits per heavy atom. The molecule has 2 aromatic heterocycles. The summed E-state index contributed by atoms with van der Waals surface area (Å²) in [4.78, 5) is 19.1. The number of carbonyl (C=O) groups is 1. The zero-order chi connectivity index (χ0) is 17.2. The summed E-state index contributed by atoms with van der Waals surface area (Å²) >= 11 is 0. The van der Waals surface area contributed by atoms with Crippen LogP contribution in [-0.2, 0) is 22.6 Å². The van der Waals surface area contributed by atoms with E-state index in [0.717, 1.165) is 29.2 Å². The molecule has 0 N–H and O–H groups in total. The summed E-state index contributed by atoms with van der Waals surface area (Å²) < 4.78 is 12.8. The average molecular weight is 339 g/mol. The maximum atomic E-state index is 12.4. The van der Waals surface area contributed by atoms with Gasteiger partial charge in [0, 0.05) is 32.5 Å². The first-order chi connectivity index (χ1) is 12.3. The number of methoxy groups -OCH3 is 1. The van der Waals surface area contributed by atoms with Gasteiger partial charge < -0.3 is 18.6 Å². The molecule has 3 heterocycles. The number of fused-ring (bicyclic) bond motifs is 1. The van der Waals surface area contributed by atoms with Crippen LogP contribution in [0.3, 0.4) is 0 Å². The Morgan fingerprint density at radius 3 is 2.96 bits per heavy atom. The second-order valence-electron chi connectivity index (χ2n) is 6.36. The Kier molecular flexibility index (Phi) is 4.28. The summed E-state index contributed by atoms with van der Waals surface area (Å²) in [7, 11) is 1.70. The van der Waals surface area contributed by atoms with Gasteiger partial charge in [-0.15, -0.1) is 0 Å². The van der Waals surface area contributed by atoms with Crippen molar-refractivity contribution in [2.24, 2.45) is 0 Å². The van der Waals surface area contributed by atoms with E-state index in [1.807, 2.05) is 35.2 Å². The summed E-state index contributed by atoms with van der Waals surface area (Å²) in [5.74, 6) is 2.01. The number of amides is 1. The van der Waals surface area contributed by atoms with E-state index in [0.29, 0.717) is 26.1 Å². The first-order valence-electron chi connectivity index (χ1n) is 8.50. The van der Waals surface area contributed by atoms with Crippen molar-refractivity contribution in [3.63, 3.8) is 0 Å². The summed E-state index contributed by atoms with van der Waals surface area (Å²) in [6.45, 7) is 2.52. The zero-order valence-corrected chi connectivity index (χ0v) is 14.2. The third kappa shape index (κ3) is 3.05. The van der Waals surface area contributed by atoms with Gasteiger partial charge in [-0.1, -0.05) is 12.1 Å².